The molecule has 0 saturated carbocycles. The number of fused-ring (bicyclic) bond motifs is 2. The summed E-state index contributed by atoms with van der Waals surface area (Å²) < 4.78 is 33.1. The molecule has 2 N–H and O–H groups in total. The predicted octanol–water partition coefficient (Wildman–Crippen LogP) is 5.74. The first kappa shape index (κ1) is 22.8. The number of allylic oxidation sites excluding steroid dienone is 1. The minimum atomic E-state index is -0.896. The van der Waals surface area contributed by atoms with E-state index in [0.29, 0.717) is 36.6 Å². The zero-order valence-corrected chi connectivity index (χ0v) is 19.7. The number of aromatic nitrogens is 2. The van der Waals surface area contributed by atoms with Crippen molar-refractivity contribution in [3.63, 3.8) is 0 Å². The lowest BCUT2D eigenvalue weighted by molar-refractivity contribution is 0.357. The molecule has 0 amide bonds. The van der Waals surface area contributed by atoms with Gasteiger partial charge in [-0.25, -0.2) is 13.8 Å². The third-order valence-corrected chi connectivity index (χ3v) is 6.18. The van der Waals surface area contributed by atoms with Crippen LogP contribution in [0, 0.1) is 11.6 Å². The van der Waals surface area contributed by atoms with Crippen molar-refractivity contribution in [2.75, 3.05) is 25.5 Å². The van der Waals surface area contributed by atoms with E-state index in [0.717, 1.165) is 51.6 Å². The number of rotatable bonds is 7. The van der Waals surface area contributed by atoms with Crippen molar-refractivity contribution in [3.05, 3.63) is 89.3 Å². The van der Waals surface area contributed by atoms with E-state index in [1.807, 2.05) is 32.2 Å². The highest BCUT2D eigenvalue weighted by molar-refractivity contribution is 5.93. The lowest BCUT2D eigenvalue weighted by Gasteiger charge is -2.15. The van der Waals surface area contributed by atoms with E-state index in [9.17, 15) is 8.78 Å². The molecule has 7 heteroatoms. The average molecular weight is 473 g/mol. The Balaban J connectivity index is 1.37. The summed E-state index contributed by atoms with van der Waals surface area (Å²) in [5, 5.41) is 7.82. The molecule has 2 aromatic carbocycles. The maximum Gasteiger partial charge on any atom is 0.159 e. The zero-order chi connectivity index (χ0) is 24.4. The topological polar surface area (TPSA) is 59.1 Å². The molecular weight excluding hydrogens is 446 g/mol. The molecule has 35 heavy (non-hydrogen) atoms. The molecule has 0 atom stereocenters. The first-order valence-corrected chi connectivity index (χ1v) is 11.7. The third kappa shape index (κ3) is 4.54. The minimum absolute atomic E-state index is 0.510. The first-order chi connectivity index (χ1) is 17.1. The highest BCUT2D eigenvalue weighted by Crippen LogP contribution is 2.36. The van der Waals surface area contributed by atoms with Gasteiger partial charge in [-0.15, -0.1) is 0 Å². The Morgan fingerprint density at radius 2 is 2.00 bits per heavy atom. The van der Waals surface area contributed by atoms with Gasteiger partial charge in [0.15, 0.2) is 11.6 Å². The van der Waals surface area contributed by atoms with Gasteiger partial charge in [0.25, 0.3) is 0 Å². The Kier molecular flexibility index (Phi) is 6.31. The number of anilines is 1. The summed E-state index contributed by atoms with van der Waals surface area (Å²) in [6, 6.07) is 14.1. The zero-order valence-electron chi connectivity index (χ0n) is 19.7. The van der Waals surface area contributed by atoms with Crippen LogP contribution in [0.4, 0.5) is 14.5 Å². The van der Waals surface area contributed by atoms with Crippen molar-refractivity contribution < 1.29 is 13.5 Å². The van der Waals surface area contributed by atoms with Crippen molar-refractivity contribution in [3.8, 4) is 17.0 Å². The fraction of sp³-hybridized carbons (Fsp3) is 0.214. The van der Waals surface area contributed by atoms with Crippen LogP contribution in [0.15, 0.2) is 60.8 Å². The highest BCUT2D eigenvalue weighted by Gasteiger charge is 2.21. The SMILES string of the molecule is CC=C(NCCc1cc2c(c(-c3ccc(F)c(F)c3)n1)OCC2)c1cc(NC)c2ncccc2c1. The third-order valence-electron chi connectivity index (χ3n) is 6.18. The van der Waals surface area contributed by atoms with Crippen molar-refractivity contribution >= 4 is 22.3 Å². The van der Waals surface area contributed by atoms with Crippen LogP contribution in [-0.2, 0) is 12.8 Å². The quantitative estimate of drug-likeness (QED) is 0.359. The molecule has 0 saturated heterocycles. The summed E-state index contributed by atoms with van der Waals surface area (Å²) in [6.07, 6.45) is 5.27. The molecule has 0 fully saturated rings. The summed E-state index contributed by atoms with van der Waals surface area (Å²) in [4.78, 5) is 9.24. The van der Waals surface area contributed by atoms with Gasteiger partial charge < -0.3 is 15.4 Å². The Labute approximate surface area is 202 Å². The summed E-state index contributed by atoms with van der Waals surface area (Å²) >= 11 is 0. The molecule has 0 radical (unpaired) electrons. The Bertz CT molecular complexity index is 1430. The summed E-state index contributed by atoms with van der Waals surface area (Å²) in [7, 11) is 1.89. The van der Waals surface area contributed by atoms with E-state index in [4.69, 9.17) is 9.72 Å². The number of halogens is 2. The number of ether oxygens (including phenoxy) is 1. The number of pyridine rings is 2. The van der Waals surface area contributed by atoms with Crippen LogP contribution in [0.25, 0.3) is 27.9 Å². The van der Waals surface area contributed by atoms with Gasteiger partial charge >= 0.3 is 0 Å². The minimum Gasteiger partial charge on any atom is -0.491 e. The molecule has 0 unspecified atom stereocenters. The van der Waals surface area contributed by atoms with Gasteiger partial charge in [-0.2, -0.15) is 0 Å². The lowest BCUT2D eigenvalue weighted by atomic mass is 10.0. The average Bonchev–Trinajstić information content (AvgIpc) is 3.36. The van der Waals surface area contributed by atoms with Crippen molar-refractivity contribution in [1.82, 2.24) is 15.3 Å². The van der Waals surface area contributed by atoms with Gasteiger partial charge in [0, 0.05) is 66.1 Å². The van der Waals surface area contributed by atoms with Crippen LogP contribution in [-0.4, -0.2) is 30.2 Å². The van der Waals surface area contributed by atoms with Crippen LogP contribution in [0.1, 0.15) is 23.7 Å². The van der Waals surface area contributed by atoms with Crippen molar-refractivity contribution in [1.29, 1.82) is 0 Å². The van der Waals surface area contributed by atoms with E-state index in [2.05, 4.69) is 33.8 Å². The van der Waals surface area contributed by atoms with Gasteiger partial charge in [0.05, 0.1) is 17.8 Å². The van der Waals surface area contributed by atoms with E-state index in [1.165, 1.54) is 12.1 Å². The van der Waals surface area contributed by atoms with Crippen LogP contribution in [0.2, 0.25) is 0 Å². The number of nitrogens with one attached hydrogen (secondary N) is 2. The molecule has 4 aromatic rings. The fourth-order valence-corrected chi connectivity index (χ4v) is 4.46. The molecule has 5 nitrogen and oxygen atoms in total. The molecule has 3 heterocycles. The van der Waals surface area contributed by atoms with E-state index >= 15 is 0 Å². The van der Waals surface area contributed by atoms with Crippen LogP contribution < -0.4 is 15.4 Å². The largest absolute Gasteiger partial charge is 0.491 e. The van der Waals surface area contributed by atoms with E-state index < -0.39 is 11.6 Å². The van der Waals surface area contributed by atoms with E-state index in [1.54, 1.807) is 6.20 Å². The highest BCUT2D eigenvalue weighted by atomic mass is 19.2. The van der Waals surface area contributed by atoms with Gasteiger partial charge in [0.2, 0.25) is 0 Å². The fourth-order valence-electron chi connectivity index (χ4n) is 4.46. The van der Waals surface area contributed by atoms with E-state index in [-0.39, 0.29) is 0 Å². The standard InChI is InChI=1S/C28H26F2N4O/c1-3-24(20-13-17-5-4-10-33-26(17)25(16-20)31-2)32-11-8-21-14-19-9-12-35-28(19)27(34-21)18-6-7-22(29)23(30)15-18/h3-7,10,13-16,31-32H,8-9,11-12H2,1-2H3. The monoisotopic (exact) mass is 472 g/mol. The second kappa shape index (κ2) is 9.70. The smallest absolute Gasteiger partial charge is 0.159 e. The van der Waals surface area contributed by atoms with Crippen molar-refractivity contribution in [2.45, 2.75) is 19.8 Å². The summed E-state index contributed by atoms with van der Waals surface area (Å²) in [6.45, 7) is 3.22. The van der Waals surface area contributed by atoms with Crippen LogP contribution >= 0.6 is 0 Å². The molecule has 178 valence electrons. The number of hydrogen-bond donors (Lipinski definition) is 2. The second-order valence-electron chi connectivity index (χ2n) is 8.41. The molecule has 1 aliphatic rings. The predicted molar refractivity (Wildman–Crippen MR) is 135 cm³/mol. The maximum atomic E-state index is 13.9. The molecule has 2 aromatic heterocycles. The van der Waals surface area contributed by atoms with Gasteiger partial charge in [0.1, 0.15) is 11.4 Å². The molecule has 5 rings (SSSR count). The molecule has 0 spiro atoms. The first-order valence-electron chi connectivity index (χ1n) is 11.7. The normalized spacial score (nSPS) is 13.0. The number of nitrogens with zero attached hydrogens (tertiary/aromatic N) is 2. The molecule has 0 aliphatic carbocycles. The molecule has 1 aliphatic heterocycles. The van der Waals surface area contributed by atoms with Crippen LogP contribution in [0.5, 0.6) is 5.75 Å². The van der Waals surface area contributed by atoms with Gasteiger partial charge in [-0.3, -0.25) is 4.98 Å². The molecular formula is C28H26F2N4O. The summed E-state index contributed by atoms with van der Waals surface area (Å²) in [5.41, 5.74) is 6.96. The second-order valence-corrected chi connectivity index (χ2v) is 8.41. The molecule has 0 bridgehead atoms. The van der Waals surface area contributed by atoms with Crippen molar-refractivity contribution in [2.24, 2.45) is 0 Å². The van der Waals surface area contributed by atoms with Gasteiger partial charge in [-0.1, -0.05) is 12.1 Å². The van der Waals surface area contributed by atoms with Gasteiger partial charge in [-0.05, 0) is 49.4 Å². The Hall–Kier alpha value is -4.00. The van der Waals surface area contributed by atoms with Crippen LogP contribution in [0.3, 0.4) is 0 Å². The Morgan fingerprint density at radius 1 is 1.11 bits per heavy atom. The lowest BCUT2D eigenvalue weighted by Crippen LogP contribution is -2.16. The Morgan fingerprint density at radius 3 is 2.80 bits per heavy atom. The number of hydrogen-bond acceptors (Lipinski definition) is 5. The number of benzene rings is 2. The summed E-state index contributed by atoms with van der Waals surface area (Å²) in [5.74, 6) is -1.12. The maximum absolute atomic E-state index is 13.9.